The molecule has 1 aliphatic rings. The average Bonchev–Trinajstić information content (AvgIpc) is 3.17. The Morgan fingerprint density at radius 2 is 2.17 bits per heavy atom. The van der Waals surface area contributed by atoms with Crippen molar-refractivity contribution in [2.24, 2.45) is 0 Å². The minimum Gasteiger partial charge on any atom is -0.497 e. The van der Waals surface area contributed by atoms with Crippen molar-refractivity contribution in [1.82, 2.24) is 9.88 Å². The number of methoxy groups -OCH3 is 1. The van der Waals surface area contributed by atoms with E-state index < -0.39 is 12.0 Å². The first kappa shape index (κ1) is 17.3. The lowest BCUT2D eigenvalue weighted by molar-refractivity contribution is -0.142. The normalized spacial score (nSPS) is 17.7. The highest BCUT2D eigenvalue weighted by atomic mass is 35.5. The number of hydrogen-bond donors (Lipinski definition) is 1. The van der Waals surface area contributed by atoms with Gasteiger partial charge in [0.25, 0.3) is 0 Å². The Labute approximate surface area is 140 Å². The third-order valence-electron chi connectivity index (χ3n) is 3.90. The van der Waals surface area contributed by atoms with Crippen LogP contribution in [0.1, 0.15) is 18.5 Å². The minimum atomic E-state index is -0.767. The Balaban J connectivity index is 0.00000192. The van der Waals surface area contributed by atoms with Crippen LogP contribution in [0.15, 0.2) is 34.9 Å². The molecule has 124 valence electrons. The van der Waals surface area contributed by atoms with Crippen LogP contribution in [0.25, 0.3) is 11.5 Å². The average molecular weight is 339 g/mol. The predicted molar refractivity (Wildman–Crippen MR) is 86.8 cm³/mol. The number of nitrogens with zero attached hydrogens (tertiary/aromatic N) is 2. The molecule has 6 nitrogen and oxygen atoms in total. The molecule has 1 atom stereocenters. The number of hydrogen-bond acceptors (Lipinski definition) is 5. The van der Waals surface area contributed by atoms with Crippen molar-refractivity contribution < 1.29 is 19.1 Å². The van der Waals surface area contributed by atoms with Crippen LogP contribution < -0.4 is 4.74 Å². The largest absolute Gasteiger partial charge is 0.497 e. The monoisotopic (exact) mass is 338 g/mol. The number of aromatic nitrogens is 1. The second-order valence-electron chi connectivity index (χ2n) is 5.34. The van der Waals surface area contributed by atoms with Gasteiger partial charge in [-0.3, -0.25) is 9.69 Å². The van der Waals surface area contributed by atoms with E-state index in [2.05, 4.69) is 4.98 Å². The standard InChI is InChI=1S/C16H18N2O4.ClH/c1-21-13-6-4-11(5-7-13)15-17-12(10-22-15)9-18-8-2-3-14(18)16(19)20;/h4-7,10,14H,2-3,8-9H2,1H3,(H,19,20);1H/t14-;/m0./s1. The van der Waals surface area contributed by atoms with Gasteiger partial charge in [0, 0.05) is 12.1 Å². The summed E-state index contributed by atoms with van der Waals surface area (Å²) in [4.78, 5) is 17.6. The molecule has 0 unspecified atom stereocenters. The fourth-order valence-electron chi connectivity index (χ4n) is 2.75. The quantitative estimate of drug-likeness (QED) is 0.903. The number of benzene rings is 1. The van der Waals surface area contributed by atoms with Gasteiger partial charge in [-0.05, 0) is 43.7 Å². The summed E-state index contributed by atoms with van der Waals surface area (Å²) in [5.41, 5.74) is 1.61. The van der Waals surface area contributed by atoms with Crippen molar-refractivity contribution in [2.45, 2.75) is 25.4 Å². The van der Waals surface area contributed by atoms with Gasteiger partial charge in [-0.1, -0.05) is 0 Å². The van der Waals surface area contributed by atoms with Crippen molar-refractivity contribution in [3.8, 4) is 17.2 Å². The summed E-state index contributed by atoms with van der Waals surface area (Å²) in [7, 11) is 1.62. The van der Waals surface area contributed by atoms with Crippen molar-refractivity contribution in [1.29, 1.82) is 0 Å². The number of likely N-dealkylation sites (tertiary alicyclic amines) is 1. The molecule has 1 saturated heterocycles. The smallest absolute Gasteiger partial charge is 0.320 e. The number of rotatable bonds is 5. The van der Waals surface area contributed by atoms with Gasteiger partial charge >= 0.3 is 5.97 Å². The summed E-state index contributed by atoms with van der Waals surface area (Å²) in [5, 5.41) is 9.20. The molecule has 0 aliphatic carbocycles. The summed E-state index contributed by atoms with van der Waals surface area (Å²) in [6.07, 6.45) is 3.19. The summed E-state index contributed by atoms with van der Waals surface area (Å²) < 4.78 is 10.6. The van der Waals surface area contributed by atoms with Crippen LogP contribution in [-0.2, 0) is 11.3 Å². The number of halogens is 1. The molecular formula is C16H19ClN2O4. The summed E-state index contributed by atoms with van der Waals surface area (Å²) in [5.74, 6) is 0.539. The zero-order valence-electron chi connectivity index (χ0n) is 12.8. The van der Waals surface area contributed by atoms with Crippen molar-refractivity contribution >= 4 is 18.4 Å². The maximum Gasteiger partial charge on any atom is 0.320 e. The topological polar surface area (TPSA) is 75.8 Å². The Hall–Kier alpha value is -2.05. The van der Waals surface area contributed by atoms with E-state index in [0.717, 1.165) is 30.0 Å². The molecule has 0 bridgehead atoms. The van der Waals surface area contributed by atoms with Gasteiger partial charge in [0.1, 0.15) is 18.1 Å². The summed E-state index contributed by atoms with van der Waals surface area (Å²) in [6, 6.07) is 7.04. The Morgan fingerprint density at radius 1 is 1.43 bits per heavy atom. The second kappa shape index (κ2) is 7.48. The fraction of sp³-hybridized carbons (Fsp3) is 0.375. The molecule has 2 heterocycles. The molecule has 1 aromatic heterocycles. The Morgan fingerprint density at radius 3 is 2.83 bits per heavy atom. The van der Waals surface area contributed by atoms with Gasteiger partial charge in [0.2, 0.25) is 5.89 Å². The zero-order valence-corrected chi connectivity index (χ0v) is 13.6. The van der Waals surface area contributed by atoms with E-state index in [1.54, 1.807) is 13.4 Å². The predicted octanol–water partition coefficient (Wildman–Crippen LogP) is 2.82. The molecule has 23 heavy (non-hydrogen) atoms. The molecule has 0 radical (unpaired) electrons. The summed E-state index contributed by atoms with van der Waals surface area (Å²) in [6.45, 7) is 1.28. The van der Waals surface area contributed by atoms with Crippen LogP contribution in [0.5, 0.6) is 5.75 Å². The van der Waals surface area contributed by atoms with Gasteiger partial charge < -0.3 is 14.3 Å². The number of oxazole rings is 1. The van der Waals surface area contributed by atoms with Gasteiger partial charge in [-0.25, -0.2) is 4.98 Å². The minimum absolute atomic E-state index is 0. The first-order chi connectivity index (χ1) is 10.7. The second-order valence-corrected chi connectivity index (χ2v) is 5.34. The van der Waals surface area contributed by atoms with E-state index in [1.165, 1.54) is 0 Å². The first-order valence-corrected chi connectivity index (χ1v) is 7.23. The van der Waals surface area contributed by atoms with E-state index >= 15 is 0 Å². The molecule has 0 saturated carbocycles. The molecule has 0 amide bonds. The number of carboxylic acids is 1. The summed E-state index contributed by atoms with van der Waals surface area (Å²) >= 11 is 0. The van der Waals surface area contributed by atoms with E-state index in [0.29, 0.717) is 18.9 Å². The number of carboxylic acid groups (broad SMARTS) is 1. The number of ether oxygens (including phenoxy) is 1. The lowest BCUT2D eigenvalue weighted by atomic mass is 10.2. The molecule has 1 aromatic carbocycles. The van der Waals surface area contributed by atoms with Gasteiger partial charge in [-0.2, -0.15) is 0 Å². The van der Waals surface area contributed by atoms with Crippen LogP contribution in [0.4, 0.5) is 0 Å². The van der Waals surface area contributed by atoms with E-state index in [4.69, 9.17) is 9.15 Å². The highest BCUT2D eigenvalue weighted by Gasteiger charge is 2.30. The molecule has 3 rings (SSSR count). The Kier molecular flexibility index (Phi) is 5.63. The Bertz CT molecular complexity index is 656. The number of aliphatic carboxylic acids is 1. The fourth-order valence-corrected chi connectivity index (χ4v) is 2.75. The molecule has 1 aliphatic heterocycles. The highest BCUT2D eigenvalue weighted by molar-refractivity contribution is 5.85. The zero-order chi connectivity index (χ0) is 15.5. The van der Waals surface area contributed by atoms with Crippen molar-refractivity contribution in [3.63, 3.8) is 0 Å². The van der Waals surface area contributed by atoms with Crippen LogP contribution in [0.2, 0.25) is 0 Å². The van der Waals surface area contributed by atoms with Crippen LogP contribution in [0, 0.1) is 0 Å². The SMILES string of the molecule is COc1ccc(-c2nc(CN3CCC[C@H]3C(=O)O)co2)cc1.Cl. The van der Waals surface area contributed by atoms with Gasteiger partial charge in [-0.15, -0.1) is 12.4 Å². The maximum atomic E-state index is 11.2. The van der Waals surface area contributed by atoms with Crippen LogP contribution in [0.3, 0.4) is 0 Å². The molecule has 7 heteroatoms. The van der Waals surface area contributed by atoms with Crippen molar-refractivity contribution in [3.05, 3.63) is 36.2 Å². The van der Waals surface area contributed by atoms with Crippen LogP contribution in [-0.4, -0.2) is 40.7 Å². The van der Waals surface area contributed by atoms with Gasteiger partial charge in [0.05, 0.1) is 12.8 Å². The molecular weight excluding hydrogens is 320 g/mol. The van der Waals surface area contributed by atoms with Crippen LogP contribution >= 0.6 is 12.4 Å². The molecule has 1 fully saturated rings. The van der Waals surface area contributed by atoms with E-state index in [-0.39, 0.29) is 12.4 Å². The van der Waals surface area contributed by atoms with Gasteiger partial charge in [0.15, 0.2) is 0 Å². The first-order valence-electron chi connectivity index (χ1n) is 7.23. The molecule has 1 N–H and O–H groups in total. The van der Waals surface area contributed by atoms with E-state index in [1.807, 2.05) is 29.2 Å². The number of carbonyl (C=O) groups is 1. The third kappa shape index (κ3) is 3.83. The molecule has 0 spiro atoms. The lowest BCUT2D eigenvalue weighted by Crippen LogP contribution is -2.35. The molecule has 2 aromatic rings. The van der Waals surface area contributed by atoms with E-state index in [9.17, 15) is 9.90 Å². The maximum absolute atomic E-state index is 11.2. The third-order valence-corrected chi connectivity index (χ3v) is 3.90. The highest BCUT2D eigenvalue weighted by Crippen LogP contribution is 2.24. The lowest BCUT2D eigenvalue weighted by Gasteiger charge is -2.19. The van der Waals surface area contributed by atoms with Crippen molar-refractivity contribution in [2.75, 3.05) is 13.7 Å².